The lowest BCUT2D eigenvalue weighted by Crippen LogP contribution is -2.00. The molecule has 0 aliphatic heterocycles. The Labute approximate surface area is 149 Å². The fraction of sp³-hybridized carbons (Fsp3) is 0.176. The first-order valence-electron chi connectivity index (χ1n) is 7.64. The topological polar surface area (TPSA) is 119 Å². The number of aromatic nitrogens is 2. The zero-order valence-corrected chi connectivity index (χ0v) is 14.8. The second-order valence-electron chi connectivity index (χ2n) is 5.51. The van der Waals surface area contributed by atoms with Crippen molar-refractivity contribution in [3.05, 3.63) is 42.2 Å². The number of hydrogen-bond acceptors (Lipinski definition) is 6. The maximum absolute atomic E-state index is 11.5. The van der Waals surface area contributed by atoms with Gasteiger partial charge in [-0.15, -0.1) is 0 Å². The average Bonchev–Trinajstić information content (AvgIpc) is 2.99. The quantitative estimate of drug-likeness (QED) is 0.679. The monoisotopic (exact) mass is 376 g/mol. The number of ether oxygens (including phenoxy) is 2. The van der Waals surface area contributed by atoms with Crippen molar-refractivity contribution in [1.29, 1.82) is 0 Å². The molecule has 3 aromatic rings. The number of aromatic carboxylic acids is 1. The van der Waals surface area contributed by atoms with Gasteiger partial charge < -0.3 is 19.6 Å². The van der Waals surface area contributed by atoms with Crippen molar-refractivity contribution in [1.82, 2.24) is 9.97 Å². The predicted molar refractivity (Wildman–Crippen MR) is 93.8 cm³/mol. The van der Waals surface area contributed by atoms with E-state index in [1.807, 2.05) is 6.92 Å². The largest absolute Gasteiger partial charge is 0.492 e. The Morgan fingerprint density at radius 2 is 2.00 bits per heavy atom. The van der Waals surface area contributed by atoms with Crippen LogP contribution >= 0.6 is 0 Å². The molecular weight excluding hydrogens is 360 g/mol. The molecule has 0 aliphatic rings. The Bertz CT molecular complexity index is 1070. The van der Waals surface area contributed by atoms with E-state index < -0.39 is 15.8 Å². The number of rotatable bonds is 6. The SMILES string of the molecule is CCOc1cc(Oc2ccc(S(C)(=O)=O)nc2)cc2cc(C(=O)O)[nH]c12. The maximum atomic E-state index is 11.5. The van der Waals surface area contributed by atoms with Crippen LogP contribution in [-0.2, 0) is 9.84 Å². The van der Waals surface area contributed by atoms with Gasteiger partial charge in [0.1, 0.15) is 22.9 Å². The minimum Gasteiger partial charge on any atom is -0.492 e. The van der Waals surface area contributed by atoms with Gasteiger partial charge in [-0.2, -0.15) is 0 Å². The Morgan fingerprint density at radius 3 is 2.58 bits per heavy atom. The summed E-state index contributed by atoms with van der Waals surface area (Å²) in [6, 6.07) is 7.61. The molecule has 2 heterocycles. The highest BCUT2D eigenvalue weighted by Gasteiger charge is 2.14. The number of pyridine rings is 1. The minimum absolute atomic E-state index is 0.0391. The molecule has 0 atom stereocenters. The van der Waals surface area contributed by atoms with E-state index in [1.54, 1.807) is 12.1 Å². The molecular formula is C17H16N2O6S. The van der Waals surface area contributed by atoms with E-state index in [1.165, 1.54) is 24.4 Å². The number of nitrogens with zero attached hydrogens (tertiary/aromatic N) is 1. The van der Waals surface area contributed by atoms with E-state index in [0.29, 0.717) is 34.8 Å². The fourth-order valence-corrected chi connectivity index (χ4v) is 2.97. The standard InChI is InChI=1S/C17H16N2O6S/c1-3-24-14-8-12(6-10-7-13(17(20)21)19-16(10)14)25-11-4-5-15(18-9-11)26(2,22)23/h4-9,19H,3H2,1-2H3,(H,20,21). The van der Waals surface area contributed by atoms with Gasteiger partial charge in [-0.05, 0) is 31.2 Å². The van der Waals surface area contributed by atoms with Crippen molar-refractivity contribution in [2.24, 2.45) is 0 Å². The van der Waals surface area contributed by atoms with Crippen LogP contribution in [0, 0.1) is 0 Å². The lowest BCUT2D eigenvalue weighted by molar-refractivity contribution is 0.0691. The van der Waals surface area contributed by atoms with Crippen LogP contribution in [0.3, 0.4) is 0 Å². The summed E-state index contributed by atoms with van der Waals surface area (Å²) in [6.07, 6.45) is 2.38. The summed E-state index contributed by atoms with van der Waals surface area (Å²) >= 11 is 0. The van der Waals surface area contributed by atoms with E-state index in [4.69, 9.17) is 14.6 Å². The summed E-state index contributed by atoms with van der Waals surface area (Å²) in [4.78, 5) is 17.8. The zero-order valence-electron chi connectivity index (χ0n) is 14.0. The lowest BCUT2D eigenvalue weighted by Gasteiger charge is -2.10. The minimum atomic E-state index is -3.39. The van der Waals surface area contributed by atoms with Crippen molar-refractivity contribution in [3.8, 4) is 17.2 Å². The van der Waals surface area contributed by atoms with Crippen molar-refractivity contribution < 1.29 is 27.8 Å². The summed E-state index contributed by atoms with van der Waals surface area (Å²) < 4.78 is 34.2. The number of fused-ring (bicyclic) bond motifs is 1. The second kappa shape index (κ2) is 6.68. The summed E-state index contributed by atoms with van der Waals surface area (Å²) in [5.74, 6) is 0.124. The zero-order chi connectivity index (χ0) is 18.9. The molecule has 26 heavy (non-hydrogen) atoms. The van der Waals surface area contributed by atoms with Gasteiger partial charge in [-0.3, -0.25) is 0 Å². The summed E-state index contributed by atoms with van der Waals surface area (Å²) in [6.45, 7) is 2.21. The number of benzene rings is 1. The van der Waals surface area contributed by atoms with Crippen molar-refractivity contribution >= 4 is 26.7 Å². The Balaban J connectivity index is 1.98. The third-order valence-corrected chi connectivity index (χ3v) is 4.52. The number of sulfone groups is 1. The smallest absolute Gasteiger partial charge is 0.352 e. The summed E-state index contributed by atoms with van der Waals surface area (Å²) in [5.41, 5.74) is 0.597. The lowest BCUT2D eigenvalue weighted by atomic mass is 10.2. The van der Waals surface area contributed by atoms with E-state index in [-0.39, 0.29) is 10.7 Å². The molecule has 0 saturated heterocycles. The molecule has 2 aromatic heterocycles. The van der Waals surface area contributed by atoms with Gasteiger partial charge >= 0.3 is 5.97 Å². The van der Waals surface area contributed by atoms with Crippen LogP contribution < -0.4 is 9.47 Å². The first-order valence-corrected chi connectivity index (χ1v) is 9.54. The van der Waals surface area contributed by atoms with Crippen molar-refractivity contribution in [2.45, 2.75) is 11.9 Å². The second-order valence-corrected chi connectivity index (χ2v) is 7.48. The average molecular weight is 376 g/mol. The predicted octanol–water partition coefficient (Wildman–Crippen LogP) is 2.86. The van der Waals surface area contributed by atoms with Gasteiger partial charge in [0.05, 0.1) is 18.3 Å². The van der Waals surface area contributed by atoms with E-state index in [0.717, 1.165) is 6.26 Å². The number of nitrogens with one attached hydrogen (secondary N) is 1. The van der Waals surface area contributed by atoms with E-state index in [2.05, 4.69) is 9.97 Å². The molecule has 0 saturated carbocycles. The van der Waals surface area contributed by atoms with Crippen LogP contribution in [-0.4, -0.2) is 42.3 Å². The van der Waals surface area contributed by atoms with Gasteiger partial charge in [0.2, 0.25) is 0 Å². The number of carboxylic acid groups (broad SMARTS) is 1. The normalized spacial score (nSPS) is 11.5. The highest BCUT2D eigenvalue weighted by atomic mass is 32.2. The molecule has 8 nitrogen and oxygen atoms in total. The number of hydrogen-bond donors (Lipinski definition) is 2. The van der Waals surface area contributed by atoms with Gasteiger partial charge in [0, 0.05) is 17.7 Å². The first kappa shape index (κ1) is 17.7. The number of aromatic amines is 1. The van der Waals surface area contributed by atoms with E-state index in [9.17, 15) is 13.2 Å². The Hall–Kier alpha value is -3.07. The molecule has 0 bridgehead atoms. The number of carbonyl (C=O) groups is 1. The van der Waals surface area contributed by atoms with Crippen LogP contribution in [0.5, 0.6) is 17.2 Å². The van der Waals surface area contributed by atoms with Gasteiger partial charge in [0.25, 0.3) is 0 Å². The molecule has 9 heteroatoms. The molecule has 3 rings (SSSR count). The Morgan fingerprint density at radius 1 is 1.23 bits per heavy atom. The third-order valence-electron chi connectivity index (χ3n) is 3.52. The maximum Gasteiger partial charge on any atom is 0.352 e. The van der Waals surface area contributed by atoms with Gasteiger partial charge in [0.15, 0.2) is 14.9 Å². The van der Waals surface area contributed by atoms with Crippen LogP contribution in [0.2, 0.25) is 0 Å². The molecule has 0 spiro atoms. The van der Waals surface area contributed by atoms with Crippen LogP contribution in [0.1, 0.15) is 17.4 Å². The molecule has 1 aromatic carbocycles. The fourth-order valence-electron chi connectivity index (χ4n) is 2.41. The molecule has 2 N–H and O–H groups in total. The molecule has 0 fully saturated rings. The summed E-state index contributed by atoms with van der Waals surface area (Å²) in [7, 11) is -3.39. The molecule has 0 radical (unpaired) electrons. The van der Waals surface area contributed by atoms with Crippen molar-refractivity contribution in [3.63, 3.8) is 0 Å². The first-order chi connectivity index (χ1) is 12.3. The molecule has 0 aliphatic carbocycles. The third kappa shape index (κ3) is 3.62. The summed E-state index contributed by atoms with van der Waals surface area (Å²) in [5, 5.41) is 9.71. The van der Waals surface area contributed by atoms with Crippen LogP contribution in [0.4, 0.5) is 0 Å². The van der Waals surface area contributed by atoms with Crippen LogP contribution in [0.25, 0.3) is 10.9 Å². The molecule has 0 unspecified atom stereocenters. The number of H-pyrrole nitrogens is 1. The van der Waals surface area contributed by atoms with Crippen molar-refractivity contribution in [2.75, 3.05) is 12.9 Å². The van der Waals surface area contributed by atoms with Gasteiger partial charge in [-0.25, -0.2) is 18.2 Å². The van der Waals surface area contributed by atoms with Crippen LogP contribution in [0.15, 0.2) is 41.6 Å². The molecule has 0 amide bonds. The van der Waals surface area contributed by atoms with Gasteiger partial charge in [-0.1, -0.05) is 0 Å². The highest BCUT2D eigenvalue weighted by molar-refractivity contribution is 7.90. The Kier molecular flexibility index (Phi) is 4.56. The highest BCUT2D eigenvalue weighted by Crippen LogP contribution is 2.33. The molecule has 136 valence electrons. The van der Waals surface area contributed by atoms with E-state index >= 15 is 0 Å². The number of carboxylic acids is 1.